The predicted octanol–water partition coefficient (Wildman–Crippen LogP) is 5.56. The Morgan fingerprint density at radius 3 is 2.21 bits per heavy atom. The fraction of sp³-hybridized carbons (Fsp3) is 0.280. The van der Waals surface area contributed by atoms with Crippen molar-refractivity contribution < 1.29 is 2.74 Å². The van der Waals surface area contributed by atoms with Crippen LogP contribution in [0.25, 0.3) is 0 Å². The van der Waals surface area contributed by atoms with E-state index in [0.29, 0.717) is 13.1 Å². The average Bonchev–Trinajstić information content (AvgIpc) is 2.76. The SMILES string of the molecule is [2H]C([2H])(c1cccc(C)c1)N1CCN(C(c2ccccc2)c2ccc(Cl)cc2)CC1. The maximum atomic E-state index is 8.74. The van der Waals surface area contributed by atoms with Gasteiger partial charge in [0.15, 0.2) is 0 Å². The molecule has 28 heavy (non-hydrogen) atoms. The van der Waals surface area contributed by atoms with Crippen LogP contribution in [0.15, 0.2) is 78.9 Å². The van der Waals surface area contributed by atoms with Crippen LogP contribution < -0.4 is 0 Å². The van der Waals surface area contributed by atoms with Crippen LogP contribution in [0.4, 0.5) is 0 Å². The Hall–Kier alpha value is -2.13. The summed E-state index contributed by atoms with van der Waals surface area (Å²) >= 11 is 6.12. The molecule has 0 bridgehead atoms. The van der Waals surface area contributed by atoms with Gasteiger partial charge < -0.3 is 0 Å². The van der Waals surface area contributed by atoms with Crippen LogP contribution in [0.5, 0.6) is 0 Å². The molecule has 0 aliphatic carbocycles. The normalized spacial score (nSPS) is 18.4. The number of hydrogen-bond donors (Lipinski definition) is 0. The largest absolute Gasteiger partial charge is 0.297 e. The van der Waals surface area contributed by atoms with Crippen LogP contribution in [0.3, 0.4) is 0 Å². The van der Waals surface area contributed by atoms with Gasteiger partial charge in [-0.1, -0.05) is 83.9 Å². The zero-order valence-corrected chi connectivity index (χ0v) is 16.9. The summed E-state index contributed by atoms with van der Waals surface area (Å²) in [7, 11) is 0. The van der Waals surface area contributed by atoms with Crippen molar-refractivity contribution in [2.75, 3.05) is 26.2 Å². The lowest BCUT2D eigenvalue weighted by atomic mass is 9.96. The Morgan fingerprint density at radius 1 is 0.857 bits per heavy atom. The van der Waals surface area contributed by atoms with Gasteiger partial charge in [0, 0.05) is 40.4 Å². The van der Waals surface area contributed by atoms with Crippen LogP contribution in [-0.4, -0.2) is 36.0 Å². The van der Waals surface area contributed by atoms with Crippen molar-refractivity contribution >= 4 is 11.6 Å². The van der Waals surface area contributed by atoms with Crippen molar-refractivity contribution in [2.45, 2.75) is 19.5 Å². The van der Waals surface area contributed by atoms with Gasteiger partial charge in [0.25, 0.3) is 0 Å². The zero-order chi connectivity index (χ0) is 21.1. The van der Waals surface area contributed by atoms with Gasteiger partial charge >= 0.3 is 0 Å². The van der Waals surface area contributed by atoms with E-state index in [1.165, 1.54) is 11.1 Å². The van der Waals surface area contributed by atoms with Crippen LogP contribution >= 0.6 is 11.6 Å². The highest BCUT2D eigenvalue weighted by Gasteiger charge is 2.26. The van der Waals surface area contributed by atoms with Crippen LogP contribution in [0, 0.1) is 6.92 Å². The molecule has 1 aliphatic rings. The molecular weight excluding hydrogens is 364 g/mol. The summed E-state index contributed by atoms with van der Waals surface area (Å²) in [5.74, 6) is 0. The number of rotatable bonds is 5. The highest BCUT2D eigenvalue weighted by atomic mass is 35.5. The molecule has 1 saturated heterocycles. The van der Waals surface area contributed by atoms with Gasteiger partial charge in [0.05, 0.1) is 6.04 Å². The molecule has 2 nitrogen and oxygen atoms in total. The van der Waals surface area contributed by atoms with Gasteiger partial charge in [-0.15, -0.1) is 0 Å². The number of hydrogen-bond acceptors (Lipinski definition) is 2. The molecule has 4 rings (SSSR count). The summed E-state index contributed by atoms with van der Waals surface area (Å²) < 4.78 is 17.5. The second-order valence-corrected chi connectivity index (χ2v) is 7.81. The fourth-order valence-electron chi connectivity index (χ4n) is 3.88. The number of aryl methyl sites for hydroxylation is 1. The summed E-state index contributed by atoms with van der Waals surface area (Å²) in [6.07, 6.45) is 0. The Labute approximate surface area is 176 Å². The lowest BCUT2D eigenvalue weighted by Gasteiger charge is -2.40. The first-order chi connectivity index (χ1) is 14.4. The second kappa shape index (κ2) is 8.91. The highest BCUT2D eigenvalue weighted by Crippen LogP contribution is 2.30. The number of piperazine rings is 1. The van der Waals surface area contributed by atoms with Gasteiger partial charge in [0.1, 0.15) is 0 Å². The maximum absolute atomic E-state index is 8.74. The summed E-state index contributed by atoms with van der Waals surface area (Å²) in [5, 5.41) is 0.738. The molecule has 0 amide bonds. The monoisotopic (exact) mass is 392 g/mol. The molecule has 3 aromatic rings. The quantitative estimate of drug-likeness (QED) is 0.561. The molecule has 0 radical (unpaired) electrons. The molecule has 0 saturated carbocycles. The first-order valence-corrected chi connectivity index (χ1v) is 10.2. The smallest absolute Gasteiger partial charge is 0.0602 e. The minimum atomic E-state index is -1.47. The molecule has 144 valence electrons. The highest BCUT2D eigenvalue weighted by molar-refractivity contribution is 6.30. The summed E-state index contributed by atoms with van der Waals surface area (Å²) in [4.78, 5) is 4.41. The molecule has 3 heteroatoms. The summed E-state index contributed by atoms with van der Waals surface area (Å²) in [5.41, 5.74) is 4.27. The first-order valence-electron chi connectivity index (χ1n) is 10.8. The third kappa shape index (κ3) is 4.64. The minimum Gasteiger partial charge on any atom is -0.297 e. The maximum Gasteiger partial charge on any atom is 0.0602 e. The Kier molecular flexibility index (Phi) is 5.35. The number of benzene rings is 3. The molecular formula is C25H27ClN2. The lowest BCUT2D eigenvalue weighted by molar-refractivity contribution is 0.105. The number of nitrogens with zero attached hydrogens (tertiary/aromatic N) is 2. The molecule has 0 spiro atoms. The van der Waals surface area contributed by atoms with Crippen molar-refractivity contribution in [3.63, 3.8) is 0 Å². The number of halogens is 1. The topological polar surface area (TPSA) is 6.48 Å². The van der Waals surface area contributed by atoms with E-state index in [4.69, 9.17) is 14.3 Å². The molecule has 1 heterocycles. The molecule has 0 N–H and O–H groups in total. The van der Waals surface area contributed by atoms with E-state index in [1.54, 1.807) is 0 Å². The lowest BCUT2D eigenvalue weighted by Crippen LogP contribution is -2.47. The van der Waals surface area contributed by atoms with Crippen LogP contribution in [0.2, 0.25) is 5.02 Å². The van der Waals surface area contributed by atoms with Gasteiger partial charge in [-0.2, -0.15) is 0 Å². The van der Waals surface area contributed by atoms with E-state index in [9.17, 15) is 0 Å². The summed E-state index contributed by atoms with van der Waals surface area (Å²) in [6, 6.07) is 26.5. The molecule has 1 unspecified atom stereocenters. The first kappa shape index (κ1) is 16.8. The standard InChI is InChI=1S/C25H27ClN2/c1-20-6-5-7-21(18-20)19-27-14-16-28(17-15-27)25(22-8-3-2-4-9-22)23-10-12-24(26)13-11-23/h2-13,18,25H,14-17,19H2,1H3/i19D2. The Morgan fingerprint density at radius 2 is 1.54 bits per heavy atom. The fourth-order valence-corrected chi connectivity index (χ4v) is 4.01. The van der Waals surface area contributed by atoms with E-state index >= 15 is 0 Å². The Bertz CT molecular complexity index is 968. The van der Waals surface area contributed by atoms with E-state index in [-0.39, 0.29) is 6.04 Å². The van der Waals surface area contributed by atoms with Crippen molar-refractivity contribution in [1.29, 1.82) is 0 Å². The van der Waals surface area contributed by atoms with E-state index in [0.717, 1.165) is 29.2 Å². The van der Waals surface area contributed by atoms with Crippen molar-refractivity contribution in [2.24, 2.45) is 0 Å². The average molecular weight is 393 g/mol. The second-order valence-electron chi connectivity index (χ2n) is 7.37. The zero-order valence-electron chi connectivity index (χ0n) is 18.2. The molecule has 0 aromatic heterocycles. The molecule has 3 aromatic carbocycles. The molecule has 1 atom stereocenters. The molecule has 1 fully saturated rings. The van der Waals surface area contributed by atoms with E-state index < -0.39 is 6.50 Å². The van der Waals surface area contributed by atoms with Crippen LogP contribution in [0.1, 0.15) is 31.0 Å². The Balaban J connectivity index is 1.55. The van der Waals surface area contributed by atoms with Crippen molar-refractivity contribution in [1.82, 2.24) is 9.80 Å². The molecule has 1 aliphatic heterocycles. The summed E-state index contributed by atoms with van der Waals surface area (Å²) in [6.45, 7) is 3.49. The van der Waals surface area contributed by atoms with Crippen molar-refractivity contribution in [3.8, 4) is 0 Å². The van der Waals surface area contributed by atoms with Gasteiger partial charge in [-0.05, 0) is 35.7 Å². The van der Waals surface area contributed by atoms with E-state index in [2.05, 4.69) is 41.3 Å². The third-order valence-corrected chi connectivity index (χ3v) is 5.54. The third-order valence-electron chi connectivity index (χ3n) is 5.29. The van der Waals surface area contributed by atoms with Gasteiger partial charge in [0.2, 0.25) is 0 Å². The van der Waals surface area contributed by atoms with Crippen LogP contribution in [-0.2, 0) is 6.50 Å². The minimum absolute atomic E-state index is 0.135. The predicted molar refractivity (Wildman–Crippen MR) is 118 cm³/mol. The van der Waals surface area contributed by atoms with Crippen molar-refractivity contribution in [3.05, 3.63) is 106 Å². The van der Waals surface area contributed by atoms with Gasteiger partial charge in [-0.3, -0.25) is 9.80 Å². The van der Waals surface area contributed by atoms with Gasteiger partial charge in [-0.25, -0.2) is 0 Å². The van der Waals surface area contributed by atoms with E-state index in [1.807, 2.05) is 54.3 Å².